The number of hydrogen-bond acceptors (Lipinski definition) is 5. The van der Waals surface area contributed by atoms with Crippen molar-refractivity contribution in [2.24, 2.45) is 10.2 Å². The molecule has 3 heterocycles. The molecule has 1 saturated heterocycles. The van der Waals surface area contributed by atoms with Crippen molar-refractivity contribution in [1.29, 1.82) is 5.26 Å². The van der Waals surface area contributed by atoms with Gasteiger partial charge in [-0.1, -0.05) is 96.9 Å². The summed E-state index contributed by atoms with van der Waals surface area (Å²) in [6, 6.07) is 17.4. The molecule has 1 aliphatic heterocycles. The van der Waals surface area contributed by atoms with E-state index >= 15 is 0 Å². The first-order valence-electron chi connectivity index (χ1n) is 16.1. The lowest BCUT2D eigenvalue weighted by Crippen LogP contribution is -2.33. The number of imidazole rings is 1. The van der Waals surface area contributed by atoms with E-state index in [0.717, 1.165) is 43.1 Å². The van der Waals surface area contributed by atoms with Crippen molar-refractivity contribution < 1.29 is 4.57 Å². The molecule has 1 aliphatic rings. The van der Waals surface area contributed by atoms with Crippen molar-refractivity contribution in [1.82, 2.24) is 9.55 Å². The maximum absolute atomic E-state index is 10.1. The highest BCUT2D eigenvalue weighted by Gasteiger charge is 2.30. The molecule has 0 bridgehead atoms. The van der Waals surface area contributed by atoms with Crippen LogP contribution in [0.5, 0.6) is 0 Å². The summed E-state index contributed by atoms with van der Waals surface area (Å²) in [6.45, 7) is 19.8. The average molecular weight is 589 g/mol. The van der Waals surface area contributed by atoms with Gasteiger partial charge in [0.2, 0.25) is 0 Å². The zero-order valence-corrected chi connectivity index (χ0v) is 27.5. The lowest BCUT2D eigenvalue weighted by Gasteiger charge is -2.19. The van der Waals surface area contributed by atoms with Crippen LogP contribution in [0.3, 0.4) is 0 Å². The zero-order chi connectivity index (χ0) is 31.5. The highest BCUT2D eigenvalue weighted by molar-refractivity contribution is 5.58. The molecule has 0 aliphatic carbocycles. The topological polar surface area (TPSA) is 73.5 Å². The number of benzene rings is 2. The van der Waals surface area contributed by atoms with E-state index < -0.39 is 0 Å². The molecule has 0 unspecified atom stereocenters. The predicted octanol–water partition coefficient (Wildman–Crippen LogP) is 9.53. The van der Waals surface area contributed by atoms with Crippen LogP contribution in [-0.2, 0) is 0 Å². The number of pyridine rings is 1. The molecule has 2 aromatic carbocycles. The fraction of sp³-hybridized carbons (Fsp3) is 0.432. The van der Waals surface area contributed by atoms with Gasteiger partial charge in [0.15, 0.2) is 0 Å². The summed E-state index contributed by atoms with van der Waals surface area (Å²) < 4.78 is 4.38. The normalized spacial score (nSPS) is 13.8. The molecule has 7 heteroatoms. The van der Waals surface area contributed by atoms with Gasteiger partial charge in [0, 0.05) is 24.3 Å². The minimum Gasteiger partial charge on any atom is -0.357 e. The third kappa shape index (κ3) is 6.04. The maximum atomic E-state index is 10.1. The third-order valence-electron chi connectivity index (χ3n) is 8.63. The van der Waals surface area contributed by atoms with Crippen molar-refractivity contribution in [2.75, 3.05) is 18.0 Å². The number of anilines is 1. The lowest BCUT2D eigenvalue weighted by atomic mass is 9.92. The van der Waals surface area contributed by atoms with E-state index in [9.17, 15) is 5.26 Å². The van der Waals surface area contributed by atoms with Crippen LogP contribution >= 0.6 is 0 Å². The van der Waals surface area contributed by atoms with Gasteiger partial charge in [-0.05, 0) is 58.8 Å². The van der Waals surface area contributed by atoms with Gasteiger partial charge in [-0.15, -0.1) is 0 Å². The Labute approximate surface area is 262 Å². The van der Waals surface area contributed by atoms with E-state index in [1.165, 1.54) is 22.3 Å². The van der Waals surface area contributed by atoms with E-state index in [1.807, 2.05) is 6.07 Å². The van der Waals surface area contributed by atoms with E-state index in [1.54, 1.807) is 6.20 Å². The lowest BCUT2D eigenvalue weighted by molar-refractivity contribution is -0.582. The van der Waals surface area contributed by atoms with Gasteiger partial charge in [-0.3, -0.25) is 0 Å². The predicted molar refractivity (Wildman–Crippen MR) is 178 cm³/mol. The maximum Gasteiger partial charge on any atom is 0.431 e. The summed E-state index contributed by atoms with van der Waals surface area (Å²) in [4.78, 5) is 6.92. The molecular weight excluding hydrogens is 542 g/mol. The smallest absolute Gasteiger partial charge is 0.357 e. The standard InChI is InChI=1S/C37H46N7/c1-24(2)29-13-11-14-30(25(3)4)35(29)43-19-20-44(36-31(26(5)6)15-12-16-32(36)27(7)8)37(43)41-40-33-23-39-34(21-28(33)22-38)42-17-9-10-18-42/h11-16,19-21,23-27H,9-10,17-18H2,1-8H3/q+1. The Balaban J connectivity index is 1.77. The molecule has 44 heavy (non-hydrogen) atoms. The Morgan fingerprint density at radius 1 is 0.795 bits per heavy atom. The van der Waals surface area contributed by atoms with Gasteiger partial charge in [-0.25, -0.2) is 4.98 Å². The first-order valence-corrected chi connectivity index (χ1v) is 16.1. The van der Waals surface area contributed by atoms with E-state index in [4.69, 9.17) is 10.2 Å². The second kappa shape index (κ2) is 13.1. The monoisotopic (exact) mass is 588 g/mol. The number of nitriles is 1. The minimum atomic E-state index is 0.311. The van der Waals surface area contributed by atoms with Crippen LogP contribution in [0.1, 0.15) is 120 Å². The average Bonchev–Trinajstić information content (AvgIpc) is 3.69. The van der Waals surface area contributed by atoms with Crippen molar-refractivity contribution in [2.45, 2.75) is 91.9 Å². The van der Waals surface area contributed by atoms with E-state index in [2.05, 4.69) is 129 Å². The summed E-state index contributed by atoms with van der Waals surface area (Å²) in [5.41, 5.74) is 8.25. The van der Waals surface area contributed by atoms with Gasteiger partial charge in [0.1, 0.15) is 41.3 Å². The Bertz CT molecular complexity index is 1560. The number of azo groups is 1. The first-order chi connectivity index (χ1) is 21.1. The molecule has 4 aromatic rings. The van der Waals surface area contributed by atoms with Crippen LogP contribution in [0.4, 0.5) is 17.5 Å². The number of hydrogen-bond donors (Lipinski definition) is 0. The van der Waals surface area contributed by atoms with Crippen LogP contribution < -0.4 is 9.47 Å². The van der Waals surface area contributed by atoms with Crippen LogP contribution in [0, 0.1) is 11.3 Å². The van der Waals surface area contributed by atoms with Crippen LogP contribution in [-0.4, -0.2) is 22.6 Å². The molecule has 228 valence electrons. The number of rotatable bonds is 9. The number of para-hydroxylation sites is 2. The van der Waals surface area contributed by atoms with Gasteiger partial charge in [-0.2, -0.15) is 14.4 Å². The Morgan fingerprint density at radius 3 is 1.86 bits per heavy atom. The van der Waals surface area contributed by atoms with Crippen LogP contribution in [0.2, 0.25) is 0 Å². The molecule has 0 atom stereocenters. The molecule has 2 aromatic heterocycles. The Kier molecular flexibility index (Phi) is 9.29. The summed E-state index contributed by atoms with van der Waals surface area (Å²) in [6.07, 6.45) is 8.21. The SMILES string of the molecule is CC(C)c1cccc(C(C)C)c1-n1cc[n+](-c2c(C(C)C)cccc2C(C)C)c1N=Nc1cnc(N2CCCC2)cc1C#N. The molecule has 0 radical (unpaired) electrons. The van der Waals surface area contributed by atoms with Crippen LogP contribution in [0.25, 0.3) is 11.4 Å². The summed E-state index contributed by atoms with van der Waals surface area (Å²) in [5.74, 6) is 2.76. The molecular formula is C37H46N7+. The third-order valence-corrected chi connectivity index (χ3v) is 8.63. The summed E-state index contributed by atoms with van der Waals surface area (Å²) in [7, 11) is 0. The minimum absolute atomic E-state index is 0.311. The summed E-state index contributed by atoms with van der Waals surface area (Å²) in [5, 5.41) is 19.8. The molecule has 0 saturated carbocycles. The number of aromatic nitrogens is 3. The van der Waals surface area contributed by atoms with Crippen LogP contribution in [0.15, 0.2) is 71.3 Å². The zero-order valence-electron chi connectivity index (χ0n) is 27.5. The Hall–Kier alpha value is -4.31. The quantitative estimate of drug-likeness (QED) is 0.144. The van der Waals surface area contributed by atoms with Gasteiger partial charge >= 0.3 is 5.95 Å². The second-order valence-corrected chi connectivity index (χ2v) is 13.1. The largest absolute Gasteiger partial charge is 0.431 e. The van der Waals surface area contributed by atoms with Gasteiger partial charge in [0.25, 0.3) is 0 Å². The second-order valence-electron chi connectivity index (χ2n) is 13.1. The fourth-order valence-electron chi connectivity index (χ4n) is 6.23. The fourth-order valence-corrected chi connectivity index (χ4v) is 6.23. The van der Waals surface area contributed by atoms with Gasteiger partial charge < -0.3 is 4.90 Å². The van der Waals surface area contributed by atoms with Crippen molar-refractivity contribution in [3.63, 3.8) is 0 Å². The van der Waals surface area contributed by atoms with Crippen molar-refractivity contribution >= 4 is 17.5 Å². The first kappa shape index (κ1) is 31.1. The molecule has 0 N–H and O–H groups in total. The Morgan fingerprint density at radius 2 is 1.34 bits per heavy atom. The summed E-state index contributed by atoms with van der Waals surface area (Å²) >= 11 is 0. The molecule has 7 nitrogen and oxygen atoms in total. The molecule has 0 spiro atoms. The molecule has 5 rings (SSSR count). The van der Waals surface area contributed by atoms with E-state index in [0.29, 0.717) is 40.9 Å². The number of nitrogens with zero attached hydrogens (tertiary/aromatic N) is 7. The molecule has 1 fully saturated rings. The van der Waals surface area contributed by atoms with Gasteiger partial charge in [0.05, 0.1) is 11.8 Å². The molecule has 0 amide bonds. The highest BCUT2D eigenvalue weighted by atomic mass is 15.3. The van der Waals surface area contributed by atoms with E-state index in [-0.39, 0.29) is 0 Å². The van der Waals surface area contributed by atoms with Crippen molar-refractivity contribution in [3.05, 3.63) is 88.9 Å². The van der Waals surface area contributed by atoms with Crippen molar-refractivity contribution in [3.8, 4) is 17.4 Å². The highest BCUT2D eigenvalue weighted by Crippen LogP contribution is 2.36.